The van der Waals surface area contributed by atoms with Crippen LogP contribution in [0, 0.1) is 19.3 Å². The number of amidine groups is 1. The standard InChI is InChI=1S/C23H23N3O2S/c1-4-28-18-7-5-6-17(12-18)26-13-19(27)20(22(26)24)23-25-21(15(3)29-23)16-10-8-14(2)9-11-16/h5-12,24,27H,4,13H2,1-3H3. The number of hydrogen-bond donors (Lipinski definition) is 2. The van der Waals surface area contributed by atoms with Gasteiger partial charge in [-0.2, -0.15) is 0 Å². The van der Waals surface area contributed by atoms with Crippen LogP contribution in [-0.4, -0.2) is 29.1 Å². The summed E-state index contributed by atoms with van der Waals surface area (Å²) in [4.78, 5) is 7.61. The third kappa shape index (κ3) is 3.63. The van der Waals surface area contributed by atoms with Crippen molar-refractivity contribution in [2.75, 3.05) is 18.1 Å². The molecule has 2 N–H and O–H groups in total. The van der Waals surface area contributed by atoms with E-state index in [-0.39, 0.29) is 18.1 Å². The smallest absolute Gasteiger partial charge is 0.139 e. The lowest BCUT2D eigenvalue weighted by molar-refractivity contribution is 0.340. The normalized spacial score (nSPS) is 14.0. The molecule has 0 unspecified atom stereocenters. The van der Waals surface area contributed by atoms with Gasteiger partial charge in [-0.1, -0.05) is 35.9 Å². The van der Waals surface area contributed by atoms with Gasteiger partial charge in [0, 0.05) is 22.2 Å². The first kappa shape index (κ1) is 19.2. The molecule has 4 rings (SSSR count). The molecule has 0 saturated heterocycles. The summed E-state index contributed by atoms with van der Waals surface area (Å²) >= 11 is 1.51. The van der Waals surface area contributed by atoms with Crippen molar-refractivity contribution in [1.82, 2.24) is 4.98 Å². The minimum absolute atomic E-state index is 0.168. The number of anilines is 1. The van der Waals surface area contributed by atoms with E-state index >= 15 is 0 Å². The van der Waals surface area contributed by atoms with Gasteiger partial charge in [0.05, 0.1) is 24.4 Å². The molecule has 148 valence electrons. The van der Waals surface area contributed by atoms with Gasteiger partial charge in [-0.3, -0.25) is 5.41 Å². The van der Waals surface area contributed by atoms with Crippen LogP contribution in [0.1, 0.15) is 22.4 Å². The average Bonchev–Trinajstić information content (AvgIpc) is 3.22. The van der Waals surface area contributed by atoms with Crippen molar-refractivity contribution in [2.45, 2.75) is 20.8 Å². The average molecular weight is 406 g/mol. The SMILES string of the molecule is CCOc1cccc(N2CC(O)=C(c3nc(-c4ccc(C)cc4)c(C)s3)C2=N)c1. The van der Waals surface area contributed by atoms with Gasteiger partial charge >= 0.3 is 0 Å². The zero-order chi connectivity index (χ0) is 20.5. The molecule has 29 heavy (non-hydrogen) atoms. The van der Waals surface area contributed by atoms with Gasteiger partial charge in [-0.05, 0) is 32.9 Å². The van der Waals surface area contributed by atoms with E-state index < -0.39 is 0 Å². The number of nitrogens with zero attached hydrogens (tertiary/aromatic N) is 2. The number of nitrogens with one attached hydrogen (secondary N) is 1. The molecule has 0 spiro atoms. The third-order valence-corrected chi connectivity index (χ3v) is 5.87. The van der Waals surface area contributed by atoms with Crippen molar-refractivity contribution in [1.29, 1.82) is 5.41 Å². The molecule has 0 amide bonds. The third-order valence-electron chi connectivity index (χ3n) is 4.88. The van der Waals surface area contributed by atoms with Crippen molar-refractivity contribution < 1.29 is 9.84 Å². The van der Waals surface area contributed by atoms with Gasteiger partial charge in [0.1, 0.15) is 22.4 Å². The number of aryl methyl sites for hydroxylation is 2. The van der Waals surface area contributed by atoms with E-state index in [0.29, 0.717) is 17.2 Å². The quantitative estimate of drug-likeness (QED) is 0.580. The van der Waals surface area contributed by atoms with E-state index in [1.807, 2.05) is 38.1 Å². The summed E-state index contributed by atoms with van der Waals surface area (Å²) in [6.45, 7) is 6.85. The number of thiazole rings is 1. The van der Waals surface area contributed by atoms with Crippen LogP contribution in [-0.2, 0) is 0 Å². The van der Waals surface area contributed by atoms with Crippen molar-refractivity contribution >= 4 is 28.4 Å². The summed E-state index contributed by atoms with van der Waals surface area (Å²) in [5.74, 6) is 1.17. The molecule has 0 fully saturated rings. The van der Waals surface area contributed by atoms with Gasteiger partial charge in [0.15, 0.2) is 0 Å². The highest BCUT2D eigenvalue weighted by atomic mass is 32.1. The Balaban J connectivity index is 1.65. The van der Waals surface area contributed by atoms with Crippen LogP contribution in [0.15, 0.2) is 54.3 Å². The first-order valence-corrected chi connectivity index (χ1v) is 10.4. The van der Waals surface area contributed by atoms with Crippen LogP contribution in [0.5, 0.6) is 5.75 Å². The number of rotatable bonds is 5. The number of aromatic nitrogens is 1. The zero-order valence-electron chi connectivity index (χ0n) is 16.7. The van der Waals surface area contributed by atoms with E-state index in [4.69, 9.17) is 15.1 Å². The van der Waals surface area contributed by atoms with E-state index in [1.54, 1.807) is 4.90 Å². The Bertz CT molecular complexity index is 1100. The van der Waals surface area contributed by atoms with Crippen molar-refractivity contribution in [3.63, 3.8) is 0 Å². The highest BCUT2D eigenvalue weighted by Gasteiger charge is 2.32. The molecule has 1 aliphatic heterocycles. The second kappa shape index (κ2) is 7.72. The van der Waals surface area contributed by atoms with Crippen LogP contribution in [0.2, 0.25) is 0 Å². The molecule has 0 radical (unpaired) electrons. The Labute approximate surface area is 174 Å². The first-order chi connectivity index (χ1) is 14.0. The molecule has 1 aliphatic rings. The summed E-state index contributed by atoms with van der Waals surface area (Å²) in [5, 5.41) is 20.0. The van der Waals surface area contributed by atoms with Crippen molar-refractivity contribution in [3.05, 3.63) is 69.7 Å². The Morgan fingerprint density at radius 3 is 2.66 bits per heavy atom. The van der Waals surface area contributed by atoms with Gasteiger partial charge in [0.2, 0.25) is 0 Å². The Morgan fingerprint density at radius 2 is 1.93 bits per heavy atom. The molecular formula is C23H23N3O2S. The minimum Gasteiger partial charge on any atom is -0.510 e. The second-order valence-electron chi connectivity index (χ2n) is 6.98. The second-order valence-corrected chi connectivity index (χ2v) is 8.18. The summed E-state index contributed by atoms with van der Waals surface area (Å²) in [6.07, 6.45) is 0. The fourth-order valence-corrected chi connectivity index (χ4v) is 4.42. The Hall–Kier alpha value is -3.12. The van der Waals surface area contributed by atoms with Gasteiger partial charge in [-0.25, -0.2) is 4.98 Å². The maximum Gasteiger partial charge on any atom is 0.139 e. The Morgan fingerprint density at radius 1 is 1.17 bits per heavy atom. The van der Waals surface area contributed by atoms with Crippen LogP contribution >= 0.6 is 11.3 Å². The molecule has 0 bridgehead atoms. The van der Waals surface area contributed by atoms with Gasteiger partial charge in [-0.15, -0.1) is 11.3 Å². The number of benzene rings is 2. The molecular weight excluding hydrogens is 382 g/mol. The molecule has 6 heteroatoms. The highest BCUT2D eigenvalue weighted by Crippen LogP contribution is 2.37. The van der Waals surface area contributed by atoms with E-state index in [1.165, 1.54) is 16.9 Å². The monoisotopic (exact) mass is 405 g/mol. The molecule has 2 aromatic carbocycles. The Kier molecular flexibility index (Phi) is 5.11. The summed E-state index contributed by atoms with van der Waals surface area (Å²) in [5.41, 5.74) is 4.45. The van der Waals surface area contributed by atoms with E-state index in [2.05, 4.69) is 31.2 Å². The van der Waals surface area contributed by atoms with Gasteiger partial charge < -0.3 is 14.7 Å². The van der Waals surface area contributed by atoms with Crippen LogP contribution < -0.4 is 9.64 Å². The van der Waals surface area contributed by atoms with E-state index in [0.717, 1.165) is 27.6 Å². The van der Waals surface area contributed by atoms with Crippen LogP contribution in [0.25, 0.3) is 16.8 Å². The lowest BCUT2D eigenvalue weighted by atomic mass is 10.1. The number of aliphatic hydroxyl groups is 1. The maximum absolute atomic E-state index is 10.7. The zero-order valence-corrected chi connectivity index (χ0v) is 17.5. The summed E-state index contributed by atoms with van der Waals surface area (Å²) in [6, 6.07) is 15.8. The molecule has 5 nitrogen and oxygen atoms in total. The predicted molar refractivity (Wildman–Crippen MR) is 119 cm³/mol. The minimum atomic E-state index is 0.168. The van der Waals surface area contributed by atoms with Gasteiger partial charge in [0.25, 0.3) is 0 Å². The molecule has 0 saturated carbocycles. The largest absolute Gasteiger partial charge is 0.510 e. The lowest BCUT2D eigenvalue weighted by Crippen LogP contribution is -2.26. The highest BCUT2D eigenvalue weighted by molar-refractivity contribution is 7.13. The van der Waals surface area contributed by atoms with E-state index in [9.17, 15) is 5.11 Å². The van der Waals surface area contributed by atoms with Crippen molar-refractivity contribution in [2.24, 2.45) is 0 Å². The fourth-order valence-electron chi connectivity index (χ4n) is 3.42. The first-order valence-electron chi connectivity index (χ1n) is 9.54. The molecule has 0 atom stereocenters. The summed E-state index contributed by atoms with van der Waals surface area (Å²) < 4.78 is 5.57. The maximum atomic E-state index is 10.7. The molecule has 3 aromatic rings. The van der Waals surface area contributed by atoms with Crippen molar-refractivity contribution in [3.8, 4) is 17.0 Å². The fraction of sp³-hybridized carbons (Fsp3) is 0.217. The molecule has 0 aliphatic carbocycles. The number of aliphatic hydroxyl groups excluding tert-OH is 1. The van der Waals surface area contributed by atoms with Crippen LogP contribution in [0.4, 0.5) is 5.69 Å². The predicted octanol–water partition coefficient (Wildman–Crippen LogP) is 5.59. The summed E-state index contributed by atoms with van der Waals surface area (Å²) in [7, 11) is 0. The topological polar surface area (TPSA) is 69.4 Å². The van der Waals surface area contributed by atoms with Crippen LogP contribution in [0.3, 0.4) is 0 Å². The molecule has 2 heterocycles. The number of hydrogen-bond acceptors (Lipinski definition) is 5. The molecule has 1 aromatic heterocycles. The lowest BCUT2D eigenvalue weighted by Gasteiger charge is -2.19. The number of ether oxygens (including phenoxy) is 1.